The molecule has 0 aliphatic rings. The highest BCUT2D eigenvalue weighted by molar-refractivity contribution is 7.92. The second-order valence-corrected chi connectivity index (χ2v) is 9.45. The molecule has 0 heterocycles. The normalized spacial score (nSPS) is 12.0. The number of benzene rings is 2. The number of hydrogen-bond acceptors (Lipinski definition) is 5. The van der Waals surface area contributed by atoms with Gasteiger partial charge in [-0.2, -0.15) is 0 Å². The van der Waals surface area contributed by atoms with Crippen molar-refractivity contribution >= 4 is 27.5 Å². The fourth-order valence-electron chi connectivity index (χ4n) is 3.16. The van der Waals surface area contributed by atoms with Crippen LogP contribution in [0.5, 0.6) is 5.75 Å². The summed E-state index contributed by atoms with van der Waals surface area (Å²) in [4.78, 5) is 27.2. The van der Waals surface area contributed by atoms with Crippen LogP contribution in [0, 0.1) is 6.92 Å². The van der Waals surface area contributed by atoms with Crippen LogP contribution >= 0.6 is 0 Å². The molecule has 0 spiro atoms. The molecule has 2 aromatic rings. The van der Waals surface area contributed by atoms with Crippen molar-refractivity contribution in [2.75, 3.05) is 30.8 Å². The monoisotopic (exact) mass is 461 g/mol. The molecule has 32 heavy (non-hydrogen) atoms. The van der Waals surface area contributed by atoms with Crippen LogP contribution in [-0.4, -0.2) is 57.6 Å². The van der Waals surface area contributed by atoms with E-state index in [4.69, 9.17) is 4.74 Å². The molecule has 0 aromatic heterocycles. The molecule has 0 saturated carbocycles. The molecule has 0 fully saturated rings. The number of anilines is 1. The standard InChI is InChI=1S/C23H31N3O5S/c1-6-24-23(28)18(3)25(15-19-9-13-21(31-4)14-10-19)22(27)16-26(32(5,29)30)20-11-7-17(2)8-12-20/h7-14,18H,6,15-16H2,1-5H3,(H,24,28). The summed E-state index contributed by atoms with van der Waals surface area (Å²) in [6.07, 6.45) is 1.06. The van der Waals surface area contributed by atoms with Crippen LogP contribution in [-0.2, 0) is 26.2 Å². The number of sulfonamides is 1. The molecule has 0 saturated heterocycles. The molecule has 1 atom stereocenters. The Hall–Kier alpha value is -3.07. The first-order chi connectivity index (χ1) is 15.1. The number of hydrogen-bond donors (Lipinski definition) is 1. The Labute approximate surface area is 190 Å². The molecule has 0 bridgehead atoms. The Morgan fingerprint density at radius 2 is 1.66 bits per heavy atom. The van der Waals surface area contributed by atoms with Gasteiger partial charge in [-0.25, -0.2) is 8.42 Å². The summed E-state index contributed by atoms with van der Waals surface area (Å²) in [5.74, 6) is -0.118. The lowest BCUT2D eigenvalue weighted by Crippen LogP contribution is -2.51. The maximum atomic E-state index is 13.3. The molecule has 2 aromatic carbocycles. The number of nitrogens with one attached hydrogen (secondary N) is 1. The minimum Gasteiger partial charge on any atom is -0.497 e. The summed E-state index contributed by atoms with van der Waals surface area (Å²) in [5, 5.41) is 2.72. The van der Waals surface area contributed by atoms with Crippen LogP contribution in [0.15, 0.2) is 48.5 Å². The molecule has 8 nitrogen and oxygen atoms in total. The van der Waals surface area contributed by atoms with Crippen molar-refractivity contribution in [1.29, 1.82) is 0 Å². The van der Waals surface area contributed by atoms with E-state index in [9.17, 15) is 18.0 Å². The number of carbonyl (C=O) groups excluding carboxylic acids is 2. The maximum absolute atomic E-state index is 13.3. The second-order valence-electron chi connectivity index (χ2n) is 7.55. The quantitative estimate of drug-likeness (QED) is 0.586. The lowest BCUT2D eigenvalue weighted by molar-refractivity contribution is -0.139. The molecule has 174 valence electrons. The summed E-state index contributed by atoms with van der Waals surface area (Å²) >= 11 is 0. The first kappa shape index (κ1) is 25.2. The van der Waals surface area contributed by atoms with Crippen LogP contribution in [0.3, 0.4) is 0 Å². The highest BCUT2D eigenvalue weighted by atomic mass is 32.2. The van der Waals surface area contributed by atoms with E-state index in [0.29, 0.717) is 18.0 Å². The van der Waals surface area contributed by atoms with Crippen molar-refractivity contribution in [2.45, 2.75) is 33.4 Å². The number of ether oxygens (including phenoxy) is 1. The number of rotatable bonds is 10. The van der Waals surface area contributed by atoms with Gasteiger partial charge in [0.05, 0.1) is 19.1 Å². The topological polar surface area (TPSA) is 96.0 Å². The molecule has 9 heteroatoms. The highest BCUT2D eigenvalue weighted by Crippen LogP contribution is 2.20. The van der Waals surface area contributed by atoms with Gasteiger partial charge in [0.25, 0.3) is 0 Å². The minimum absolute atomic E-state index is 0.145. The van der Waals surface area contributed by atoms with Gasteiger partial charge in [-0.3, -0.25) is 13.9 Å². The van der Waals surface area contributed by atoms with Crippen LogP contribution in [0.2, 0.25) is 0 Å². The summed E-state index contributed by atoms with van der Waals surface area (Å²) in [5.41, 5.74) is 2.15. The van der Waals surface area contributed by atoms with Crippen molar-refractivity contribution in [1.82, 2.24) is 10.2 Å². The molecular formula is C23H31N3O5S. The van der Waals surface area contributed by atoms with E-state index in [1.165, 1.54) is 4.90 Å². The third-order valence-electron chi connectivity index (χ3n) is 5.03. The van der Waals surface area contributed by atoms with Gasteiger partial charge in [0, 0.05) is 13.1 Å². The largest absolute Gasteiger partial charge is 0.497 e. The predicted octanol–water partition coefficient (Wildman–Crippen LogP) is 2.32. The average Bonchev–Trinajstić information content (AvgIpc) is 2.75. The lowest BCUT2D eigenvalue weighted by atomic mass is 10.1. The zero-order chi connectivity index (χ0) is 23.9. The van der Waals surface area contributed by atoms with Gasteiger partial charge in [-0.05, 0) is 50.6 Å². The lowest BCUT2D eigenvalue weighted by Gasteiger charge is -2.31. The third-order valence-corrected chi connectivity index (χ3v) is 6.17. The molecule has 2 amide bonds. The zero-order valence-corrected chi connectivity index (χ0v) is 20.0. The third kappa shape index (κ3) is 6.71. The number of carbonyl (C=O) groups is 2. The van der Waals surface area contributed by atoms with Crippen molar-refractivity contribution in [3.8, 4) is 5.75 Å². The summed E-state index contributed by atoms with van der Waals surface area (Å²) in [6.45, 7) is 5.47. The Morgan fingerprint density at radius 3 is 2.16 bits per heavy atom. The van der Waals surface area contributed by atoms with Gasteiger partial charge in [-0.15, -0.1) is 0 Å². The fourth-order valence-corrected chi connectivity index (χ4v) is 4.01. The smallest absolute Gasteiger partial charge is 0.244 e. The minimum atomic E-state index is -3.73. The Bertz CT molecular complexity index is 1020. The molecule has 1 N–H and O–H groups in total. The van der Waals surface area contributed by atoms with Crippen molar-refractivity contribution in [3.63, 3.8) is 0 Å². The molecular weight excluding hydrogens is 430 g/mol. The van der Waals surface area contributed by atoms with E-state index in [-0.39, 0.29) is 12.5 Å². The Balaban J connectivity index is 2.35. The average molecular weight is 462 g/mol. The first-order valence-corrected chi connectivity index (χ1v) is 12.2. The van der Waals surface area contributed by atoms with E-state index in [1.807, 2.05) is 6.92 Å². The predicted molar refractivity (Wildman–Crippen MR) is 125 cm³/mol. The summed E-state index contributed by atoms with van der Waals surface area (Å²) in [6, 6.07) is 13.2. The van der Waals surface area contributed by atoms with E-state index in [2.05, 4.69) is 5.32 Å². The highest BCUT2D eigenvalue weighted by Gasteiger charge is 2.29. The van der Waals surface area contributed by atoms with Gasteiger partial charge in [0.1, 0.15) is 18.3 Å². The van der Waals surface area contributed by atoms with Crippen LogP contribution in [0.25, 0.3) is 0 Å². The fraction of sp³-hybridized carbons (Fsp3) is 0.391. The van der Waals surface area contributed by atoms with Crippen LogP contribution in [0.4, 0.5) is 5.69 Å². The van der Waals surface area contributed by atoms with Gasteiger partial charge < -0.3 is 15.0 Å². The number of likely N-dealkylation sites (N-methyl/N-ethyl adjacent to an activating group) is 1. The maximum Gasteiger partial charge on any atom is 0.244 e. The van der Waals surface area contributed by atoms with E-state index < -0.39 is 28.5 Å². The number of methoxy groups -OCH3 is 1. The van der Waals surface area contributed by atoms with Gasteiger partial charge in [-0.1, -0.05) is 29.8 Å². The first-order valence-electron chi connectivity index (χ1n) is 10.3. The van der Waals surface area contributed by atoms with Gasteiger partial charge >= 0.3 is 0 Å². The van der Waals surface area contributed by atoms with E-state index in [0.717, 1.165) is 21.7 Å². The molecule has 0 aliphatic carbocycles. The van der Waals surface area contributed by atoms with Gasteiger partial charge in [0.15, 0.2) is 0 Å². The van der Waals surface area contributed by atoms with Gasteiger partial charge in [0.2, 0.25) is 21.8 Å². The molecule has 1 unspecified atom stereocenters. The second kappa shape index (κ2) is 11.0. The SMILES string of the molecule is CCNC(=O)C(C)N(Cc1ccc(OC)cc1)C(=O)CN(c1ccc(C)cc1)S(C)(=O)=O. The number of amides is 2. The van der Waals surface area contributed by atoms with Crippen molar-refractivity contribution in [2.24, 2.45) is 0 Å². The molecule has 0 radical (unpaired) electrons. The summed E-state index contributed by atoms with van der Waals surface area (Å²) < 4.78 is 31.2. The van der Waals surface area contributed by atoms with Crippen molar-refractivity contribution in [3.05, 3.63) is 59.7 Å². The van der Waals surface area contributed by atoms with Crippen LogP contribution < -0.4 is 14.4 Å². The Kier molecular flexibility index (Phi) is 8.65. The van der Waals surface area contributed by atoms with E-state index >= 15 is 0 Å². The molecule has 0 aliphatic heterocycles. The molecule has 2 rings (SSSR count). The zero-order valence-electron chi connectivity index (χ0n) is 19.2. The van der Waals surface area contributed by atoms with Crippen LogP contribution in [0.1, 0.15) is 25.0 Å². The Morgan fingerprint density at radius 1 is 1.06 bits per heavy atom. The van der Waals surface area contributed by atoms with Crippen molar-refractivity contribution < 1.29 is 22.7 Å². The summed E-state index contributed by atoms with van der Waals surface area (Å²) in [7, 11) is -2.17. The number of aryl methyl sites for hydroxylation is 1. The number of nitrogens with zero attached hydrogens (tertiary/aromatic N) is 2. The van der Waals surface area contributed by atoms with E-state index in [1.54, 1.807) is 69.5 Å².